The fourth-order valence-electron chi connectivity index (χ4n) is 1.82. The van der Waals surface area contributed by atoms with Crippen molar-refractivity contribution in [3.05, 3.63) is 34.1 Å². The molecule has 0 radical (unpaired) electrons. The second-order valence-electron chi connectivity index (χ2n) is 4.14. The van der Waals surface area contributed by atoms with E-state index in [1.807, 2.05) is 0 Å². The Balaban J connectivity index is 3.52. The summed E-state index contributed by atoms with van der Waals surface area (Å²) in [6, 6.07) is 1.32. The molecule has 0 fully saturated rings. The van der Waals surface area contributed by atoms with Gasteiger partial charge in [0, 0.05) is 5.56 Å². The highest BCUT2D eigenvalue weighted by atomic mass is 35.5. The molecular formula is C12H15ClF4NO3P. The van der Waals surface area contributed by atoms with Crippen LogP contribution in [0.3, 0.4) is 0 Å². The fraction of sp³-hybridized carbons (Fsp3) is 0.500. The van der Waals surface area contributed by atoms with Gasteiger partial charge in [-0.05, 0) is 26.0 Å². The monoisotopic (exact) mass is 363 g/mol. The second kappa shape index (κ2) is 7.27. The van der Waals surface area contributed by atoms with Crippen LogP contribution in [-0.2, 0) is 19.8 Å². The first-order chi connectivity index (χ1) is 10.1. The van der Waals surface area contributed by atoms with Crippen molar-refractivity contribution in [2.45, 2.75) is 25.8 Å². The molecule has 0 aliphatic heterocycles. The molecule has 0 aliphatic rings. The van der Waals surface area contributed by atoms with E-state index < -0.39 is 41.5 Å². The van der Waals surface area contributed by atoms with E-state index in [2.05, 4.69) is 0 Å². The zero-order chi connectivity index (χ0) is 17.1. The van der Waals surface area contributed by atoms with Gasteiger partial charge in [-0.25, -0.2) is 4.39 Å². The minimum atomic E-state index is -4.90. The Morgan fingerprint density at radius 2 is 1.77 bits per heavy atom. The summed E-state index contributed by atoms with van der Waals surface area (Å²) >= 11 is 5.51. The molecule has 0 unspecified atom stereocenters. The normalized spacial score (nSPS) is 14.2. The Bertz CT molecular complexity index is 572. The largest absolute Gasteiger partial charge is 0.416 e. The number of benzene rings is 1. The van der Waals surface area contributed by atoms with Crippen LogP contribution < -0.4 is 5.73 Å². The van der Waals surface area contributed by atoms with Gasteiger partial charge in [-0.15, -0.1) is 0 Å². The van der Waals surface area contributed by atoms with E-state index in [1.165, 1.54) is 13.8 Å². The third kappa shape index (κ3) is 4.00. The molecule has 1 rings (SSSR count). The molecule has 1 aromatic rings. The Morgan fingerprint density at radius 1 is 1.27 bits per heavy atom. The molecule has 22 heavy (non-hydrogen) atoms. The summed E-state index contributed by atoms with van der Waals surface area (Å²) in [4.78, 5) is 0. The van der Waals surface area contributed by atoms with Crippen LogP contribution in [-0.4, -0.2) is 13.2 Å². The van der Waals surface area contributed by atoms with Crippen LogP contribution in [0.15, 0.2) is 12.1 Å². The minimum Gasteiger partial charge on any atom is -0.314 e. The van der Waals surface area contributed by atoms with Gasteiger partial charge in [-0.2, -0.15) is 13.2 Å². The number of alkyl halides is 3. The fourth-order valence-corrected chi connectivity index (χ4v) is 3.67. The molecule has 0 saturated heterocycles. The topological polar surface area (TPSA) is 61.5 Å². The minimum absolute atomic E-state index is 0.130. The average molecular weight is 364 g/mol. The Kier molecular flexibility index (Phi) is 6.41. The van der Waals surface area contributed by atoms with Gasteiger partial charge < -0.3 is 14.8 Å². The van der Waals surface area contributed by atoms with Gasteiger partial charge in [-0.3, -0.25) is 4.57 Å². The molecule has 1 atom stereocenters. The predicted molar refractivity (Wildman–Crippen MR) is 74.2 cm³/mol. The van der Waals surface area contributed by atoms with Crippen molar-refractivity contribution < 1.29 is 31.2 Å². The Morgan fingerprint density at radius 3 is 2.18 bits per heavy atom. The molecule has 1 aromatic carbocycles. The van der Waals surface area contributed by atoms with Crippen molar-refractivity contribution in [2.75, 3.05) is 13.2 Å². The van der Waals surface area contributed by atoms with Gasteiger partial charge in [-0.1, -0.05) is 11.6 Å². The maximum absolute atomic E-state index is 14.1. The summed E-state index contributed by atoms with van der Waals surface area (Å²) in [5, 5.41) is -0.571. The molecule has 0 saturated carbocycles. The molecule has 0 aliphatic carbocycles. The average Bonchev–Trinajstić information content (AvgIpc) is 2.40. The summed E-state index contributed by atoms with van der Waals surface area (Å²) in [6.45, 7) is 2.65. The number of nitrogens with two attached hydrogens (primary N) is 1. The molecule has 4 nitrogen and oxygen atoms in total. The highest BCUT2D eigenvalue weighted by Gasteiger charge is 2.43. The molecule has 0 heterocycles. The number of rotatable bonds is 6. The van der Waals surface area contributed by atoms with E-state index in [-0.39, 0.29) is 13.2 Å². The van der Waals surface area contributed by atoms with Crippen molar-refractivity contribution in [1.82, 2.24) is 0 Å². The van der Waals surface area contributed by atoms with E-state index >= 15 is 0 Å². The first-order valence-corrected chi connectivity index (χ1v) is 8.26. The molecule has 0 bridgehead atoms. The lowest BCUT2D eigenvalue weighted by atomic mass is 10.1. The lowest BCUT2D eigenvalue weighted by Gasteiger charge is -2.26. The van der Waals surface area contributed by atoms with Crippen LogP contribution in [0.2, 0.25) is 5.02 Å². The van der Waals surface area contributed by atoms with Gasteiger partial charge >= 0.3 is 13.8 Å². The van der Waals surface area contributed by atoms with E-state index in [0.717, 1.165) is 6.07 Å². The summed E-state index contributed by atoms with van der Waals surface area (Å²) in [5.74, 6) is -3.36. The lowest BCUT2D eigenvalue weighted by molar-refractivity contribution is -0.138. The highest BCUT2D eigenvalue weighted by molar-refractivity contribution is 7.54. The summed E-state index contributed by atoms with van der Waals surface area (Å²) in [7, 11) is -4.20. The van der Waals surface area contributed by atoms with Gasteiger partial charge in [0.15, 0.2) is 0 Å². The molecule has 0 spiro atoms. The van der Waals surface area contributed by atoms with Crippen molar-refractivity contribution in [1.29, 1.82) is 0 Å². The van der Waals surface area contributed by atoms with Crippen LogP contribution in [0.5, 0.6) is 0 Å². The SMILES string of the molecule is CCOP(=O)(OCC)[C@@H](N)c1c(C(F)(F)F)ccc(Cl)c1F. The van der Waals surface area contributed by atoms with Crippen molar-refractivity contribution in [2.24, 2.45) is 5.73 Å². The smallest absolute Gasteiger partial charge is 0.314 e. The van der Waals surface area contributed by atoms with Gasteiger partial charge in [0.25, 0.3) is 0 Å². The number of halogens is 5. The maximum Gasteiger partial charge on any atom is 0.416 e. The van der Waals surface area contributed by atoms with E-state index in [4.69, 9.17) is 26.4 Å². The zero-order valence-corrected chi connectivity index (χ0v) is 13.4. The van der Waals surface area contributed by atoms with Crippen molar-refractivity contribution in [3.63, 3.8) is 0 Å². The van der Waals surface area contributed by atoms with E-state index in [1.54, 1.807) is 0 Å². The number of hydrogen-bond acceptors (Lipinski definition) is 4. The van der Waals surface area contributed by atoms with Gasteiger partial charge in [0.05, 0.1) is 23.8 Å². The molecule has 10 heteroatoms. The summed E-state index contributed by atoms with van der Waals surface area (Å²) in [5.41, 5.74) is 3.19. The van der Waals surface area contributed by atoms with E-state index in [9.17, 15) is 22.1 Å². The van der Waals surface area contributed by atoms with E-state index in [0.29, 0.717) is 6.07 Å². The highest BCUT2D eigenvalue weighted by Crippen LogP contribution is 2.60. The lowest BCUT2D eigenvalue weighted by Crippen LogP contribution is -2.21. The van der Waals surface area contributed by atoms with Gasteiger partial charge in [0.1, 0.15) is 11.6 Å². The maximum atomic E-state index is 14.1. The first kappa shape index (κ1) is 19.4. The standard InChI is InChI=1S/C12H15ClF4NO3P/c1-3-20-22(19,21-4-2)11(18)9-7(12(15,16)17)5-6-8(13)10(9)14/h5-6,11H,3-4,18H2,1-2H3/t11-/m1/s1. The molecule has 126 valence electrons. The predicted octanol–water partition coefficient (Wildman–Crippen LogP) is 4.72. The van der Waals surface area contributed by atoms with Crippen molar-refractivity contribution >= 4 is 19.2 Å². The second-order valence-corrected chi connectivity index (χ2v) is 6.70. The quantitative estimate of drug-likeness (QED) is 0.586. The van der Waals surface area contributed by atoms with Crippen LogP contribution in [0.1, 0.15) is 30.8 Å². The third-order valence-electron chi connectivity index (χ3n) is 2.69. The van der Waals surface area contributed by atoms with Crippen molar-refractivity contribution in [3.8, 4) is 0 Å². The molecule has 0 aromatic heterocycles. The molecular weight excluding hydrogens is 349 g/mol. The summed E-state index contributed by atoms with van der Waals surface area (Å²) < 4.78 is 75.5. The van der Waals surface area contributed by atoms with Crippen LogP contribution in [0.25, 0.3) is 0 Å². The first-order valence-electron chi connectivity index (χ1n) is 6.28. The Hall–Kier alpha value is -0.660. The number of hydrogen-bond donors (Lipinski definition) is 1. The third-order valence-corrected chi connectivity index (χ3v) is 5.16. The van der Waals surface area contributed by atoms with Crippen LogP contribution >= 0.6 is 19.2 Å². The van der Waals surface area contributed by atoms with Crippen LogP contribution in [0, 0.1) is 5.82 Å². The zero-order valence-electron chi connectivity index (χ0n) is 11.8. The summed E-state index contributed by atoms with van der Waals surface area (Å²) in [6.07, 6.45) is -4.90. The molecule has 0 amide bonds. The molecule has 2 N–H and O–H groups in total. The van der Waals surface area contributed by atoms with Gasteiger partial charge in [0.2, 0.25) is 0 Å². The van der Waals surface area contributed by atoms with Crippen LogP contribution in [0.4, 0.5) is 17.6 Å². The Labute approximate surface area is 130 Å².